The average molecular weight is 325 g/mol. The summed E-state index contributed by atoms with van der Waals surface area (Å²) in [6.45, 7) is 10.5. The quantitative estimate of drug-likeness (QED) is 0.821. The van der Waals surface area contributed by atoms with Crippen molar-refractivity contribution in [1.82, 2.24) is 15.1 Å². The van der Waals surface area contributed by atoms with Crippen molar-refractivity contribution in [2.45, 2.75) is 39.5 Å². The molecule has 1 aliphatic heterocycles. The number of amides is 1. The minimum atomic E-state index is -0.299. The molecular formula is C16H27N3O2S. The Hall–Kier alpha value is -0.950. The number of hydrogen-bond acceptors (Lipinski definition) is 5. The number of aliphatic hydroxyl groups is 1. The topological polar surface area (TPSA) is 55.8 Å². The van der Waals surface area contributed by atoms with Crippen LogP contribution in [0.1, 0.15) is 23.6 Å². The maximum absolute atomic E-state index is 12.1. The molecule has 1 aliphatic rings. The number of thiophene rings is 1. The number of rotatable bonds is 6. The molecule has 2 N–H and O–H groups in total. The second-order valence-electron chi connectivity index (χ2n) is 6.22. The molecule has 1 aromatic heterocycles. The van der Waals surface area contributed by atoms with E-state index >= 15 is 0 Å². The Balaban J connectivity index is 1.71. The largest absolute Gasteiger partial charge is 0.392 e. The molecule has 0 radical (unpaired) electrons. The van der Waals surface area contributed by atoms with Crippen LogP contribution < -0.4 is 5.32 Å². The highest BCUT2D eigenvalue weighted by Gasteiger charge is 2.25. The van der Waals surface area contributed by atoms with Gasteiger partial charge in [-0.05, 0) is 32.9 Å². The van der Waals surface area contributed by atoms with Crippen LogP contribution in [0.25, 0.3) is 0 Å². The van der Waals surface area contributed by atoms with Crippen molar-refractivity contribution < 1.29 is 9.90 Å². The molecule has 0 bridgehead atoms. The van der Waals surface area contributed by atoms with Gasteiger partial charge in [-0.1, -0.05) is 0 Å². The number of β-amino-alcohol motifs (C(OH)–C–C–N with tert-alkyl or cyclic N) is 1. The maximum Gasteiger partial charge on any atom is 0.234 e. The third-order valence-electron chi connectivity index (χ3n) is 3.97. The Morgan fingerprint density at radius 1 is 1.50 bits per heavy atom. The lowest BCUT2D eigenvalue weighted by molar-refractivity contribution is -0.123. The van der Waals surface area contributed by atoms with E-state index in [0.29, 0.717) is 25.7 Å². The molecule has 2 atom stereocenters. The fourth-order valence-electron chi connectivity index (χ4n) is 2.85. The van der Waals surface area contributed by atoms with Gasteiger partial charge < -0.3 is 10.4 Å². The summed E-state index contributed by atoms with van der Waals surface area (Å²) in [6, 6.07) is 4.52. The first-order valence-electron chi connectivity index (χ1n) is 7.90. The van der Waals surface area contributed by atoms with Gasteiger partial charge >= 0.3 is 0 Å². The van der Waals surface area contributed by atoms with Crippen molar-refractivity contribution in [3.8, 4) is 0 Å². The first kappa shape index (κ1) is 17.4. The summed E-state index contributed by atoms with van der Waals surface area (Å²) in [4.78, 5) is 19.0. The van der Waals surface area contributed by atoms with E-state index in [1.807, 2.05) is 6.92 Å². The number of carbonyl (C=O) groups is 1. The summed E-state index contributed by atoms with van der Waals surface area (Å²) in [6.07, 6.45) is -0.299. The summed E-state index contributed by atoms with van der Waals surface area (Å²) in [5, 5.41) is 12.5. The Labute approximate surface area is 136 Å². The molecule has 0 spiro atoms. The van der Waals surface area contributed by atoms with E-state index in [2.05, 4.69) is 41.1 Å². The highest BCUT2D eigenvalue weighted by molar-refractivity contribution is 7.11. The SMILES string of the molecule is Cc1ccc(CNC(=O)CN2CCN(CC(C)O)C(C)C2)s1. The van der Waals surface area contributed by atoms with Crippen molar-refractivity contribution in [3.63, 3.8) is 0 Å². The molecule has 124 valence electrons. The van der Waals surface area contributed by atoms with Crippen LogP contribution in [0.15, 0.2) is 12.1 Å². The summed E-state index contributed by atoms with van der Waals surface area (Å²) in [5.74, 6) is 0.0854. The monoisotopic (exact) mass is 325 g/mol. The number of piperazine rings is 1. The molecule has 22 heavy (non-hydrogen) atoms. The second-order valence-corrected chi connectivity index (χ2v) is 7.59. The van der Waals surface area contributed by atoms with Crippen LogP contribution in [0, 0.1) is 6.92 Å². The number of aryl methyl sites for hydroxylation is 1. The molecule has 2 unspecified atom stereocenters. The van der Waals surface area contributed by atoms with Crippen LogP contribution in [0.4, 0.5) is 0 Å². The number of aliphatic hydroxyl groups excluding tert-OH is 1. The van der Waals surface area contributed by atoms with Gasteiger partial charge in [-0.25, -0.2) is 0 Å². The zero-order valence-corrected chi connectivity index (χ0v) is 14.5. The minimum absolute atomic E-state index is 0.0854. The normalized spacial score (nSPS) is 21.7. The molecule has 0 aromatic carbocycles. The average Bonchev–Trinajstić information content (AvgIpc) is 2.85. The molecule has 1 aromatic rings. The van der Waals surface area contributed by atoms with Crippen molar-refractivity contribution >= 4 is 17.2 Å². The van der Waals surface area contributed by atoms with Crippen LogP contribution >= 0.6 is 11.3 Å². The van der Waals surface area contributed by atoms with Gasteiger partial charge in [-0.3, -0.25) is 14.6 Å². The molecule has 1 amide bonds. The molecule has 5 nitrogen and oxygen atoms in total. The number of nitrogens with zero attached hydrogens (tertiary/aromatic N) is 2. The van der Waals surface area contributed by atoms with Gasteiger partial charge in [0.15, 0.2) is 0 Å². The zero-order chi connectivity index (χ0) is 16.1. The molecule has 6 heteroatoms. The Morgan fingerprint density at radius 2 is 2.27 bits per heavy atom. The van der Waals surface area contributed by atoms with E-state index in [4.69, 9.17) is 0 Å². The number of nitrogens with one attached hydrogen (secondary N) is 1. The lowest BCUT2D eigenvalue weighted by Crippen LogP contribution is -2.55. The van der Waals surface area contributed by atoms with Gasteiger partial charge in [0.2, 0.25) is 5.91 Å². The Morgan fingerprint density at radius 3 is 2.86 bits per heavy atom. The number of hydrogen-bond donors (Lipinski definition) is 2. The molecule has 2 rings (SSSR count). The Kier molecular flexibility index (Phi) is 6.37. The maximum atomic E-state index is 12.1. The lowest BCUT2D eigenvalue weighted by atomic mass is 10.1. The van der Waals surface area contributed by atoms with Crippen LogP contribution in [0.2, 0.25) is 0 Å². The van der Waals surface area contributed by atoms with Crippen LogP contribution in [0.5, 0.6) is 0 Å². The van der Waals surface area contributed by atoms with Crippen molar-refractivity contribution in [3.05, 3.63) is 21.9 Å². The molecular weight excluding hydrogens is 298 g/mol. The molecule has 1 fully saturated rings. The van der Waals surface area contributed by atoms with Crippen molar-refractivity contribution in [2.24, 2.45) is 0 Å². The van der Waals surface area contributed by atoms with Crippen molar-refractivity contribution in [1.29, 1.82) is 0 Å². The van der Waals surface area contributed by atoms with Crippen LogP contribution in [-0.2, 0) is 11.3 Å². The van der Waals surface area contributed by atoms with E-state index in [1.54, 1.807) is 11.3 Å². The van der Waals surface area contributed by atoms with E-state index in [0.717, 1.165) is 19.6 Å². The summed E-state index contributed by atoms with van der Waals surface area (Å²) in [7, 11) is 0. The highest BCUT2D eigenvalue weighted by atomic mass is 32.1. The van der Waals surface area contributed by atoms with Crippen LogP contribution in [0.3, 0.4) is 0 Å². The van der Waals surface area contributed by atoms with Crippen molar-refractivity contribution in [2.75, 3.05) is 32.7 Å². The summed E-state index contributed by atoms with van der Waals surface area (Å²) in [5.41, 5.74) is 0. The third-order valence-corrected chi connectivity index (χ3v) is 4.97. The summed E-state index contributed by atoms with van der Waals surface area (Å²) < 4.78 is 0. The predicted octanol–water partition coefficient (Wildman–Crippen LogP) is 1.06. The van der Waals surface area contributed by atoms with E-state index < -0.39 is 0 Å². The van der Waals surface area contributed by atoms with E-state index in [1.165, 1.54) is 9.75 Å². The van der Waals surface area contributed by atoms with Gasteiger partial charge in [-0.15, -0.1) is 11.3 Å². The van der Waals surface area contributed by atoms with Gasteiger partial charge in [0.05, 0.1) is 19.2 Å². The predicted molar refractivity (Wildman–Crippen MR) is 90.1 cm³/mol. The zero-order valence-electron chi connectivity index (χ0n) is 13.7. The first-order chi connectivity index (χ1) is 10.4. The first-order valence-corrected chi connectivity index (χ1v) is 8.72. The van der Waals surface area contributed by atoms with Gasteiger partial charge in [0, 0.05) is 42.0 Å². The third kappa shape index (κ3) is 5.35. The second kappa shape index (κ2) is 8.06. The van der Waals surface area contributed by atoms with E-state index in [-0.39, 0.29) is 12.0 Å². The van der Waals surface area contributed by atoms with Crippen LogP contribution in [-0.4, -0.2) is 65.7 Å². The number of carbonyl (C=O) groups excluding carboxylic acids is 1. The molecule has 1 saturated heterocycles. The smallest absolute Gasteiger partial charge is 0.234 e. The summed E-state index contributed by atoms with van der Waals surface area (Å²) >= 11 is 1.72. The fourth-order valence-corrected chi connectivity index (χ4v) is 3.68. The molecule has 0 aliphatic carbocycles. The van der Waals surface area contributed by atoms with Gasteiger partial charge in [-0.2, -0.15) is 0 Å². The fraction of sp³-hybridized carbons (Fsp3) is 0.688. The highest BCUT2D eigenvalue weighted by Crippen LogP contribution is 2.14. The molecule has 2 heterocycles. The molecule has 0 saturated carbocycles. The lowest BCUT2D eigenvalue weighted by Gasteiger charge is -2.40. The van der Waals surface area contributed by atoms with Gasteiger partial charge in [0.1, 0.15) is 0 Å². The standard InChI is InChI=1S/C16H27N3O2S/c1-12-9-18(6-7-19(12)10-13(2)20)11-16(21)17-8-15-5-4-14(3)22-15/h4-5,12-13,20H,6-11H2,1-3H3,(H,17,21). The Bertz CT molecular complexity index is 489. The van der Waals surface area contributed by atoms with E-state index in [9.17, 15) is 9.90 Å². The minimum Gasteiger partial charge on any atom is -0.392 e. The van der Waals surface area contributed by atoms with Gasteiger partial charge in [0.25, 0.3) is 0 Å².